The Morgan fingerprint density at radius 1 is 1.40 bits per heavy atom. The molecule has 0 amide bonds. The van der Waals surface area contributed by atoms with Crippen molar-refractivity contribution in [3.8, 4) is 0 Å². The molecule has 15 heavy (non-hydrogen) atoms. The fourth-order valence-corrected chi connectivity index (χ4v) is 1.91. The topological polar surface area (TPSA) is 63.8 Å². The fraction of sp³-hybridized carbons (Fsp3) is 0.200. The molecule has 0 aliphatic rings. The molecule has 0 radical (unpaired) electrons. The number of hydrogen-bond donors (Lipinski definition) is 2. The van der Waals surface area contributed by atoms with Gasteiger partial charge in [0.15, 0.2) is 5.13 Å². The molecule has 2 heterocycles. The van der Waals surface area contributed by atoms with Crippen LogP contribution >= 0.6 is 11.3 Å². The summed E-state index contributed by atoms with van der Waals surface area (Å²) in [6.45, 7) is 2.04. The smallest absolute Gasteiger partial charge is 0.185 e. The van der Waals surface area contributed by atoms with Gasteiger partial charge in [-0.05, 0) is 19.1 Å². The van der Waals surface area contributed by atoms with E-state index in [4.69, 9.17) is 5.73 Å². The molecule has 78 valence electrons. The lowest BCUT2D eigenvalue weighted by atomic mass is 10.2. The minimum absolute atomic E-state index is 0.136. The second kappa shape index (κ2) is 4.27. The van der Waals surface area contributed by atoms with E-state index in [0.29, 0.717) is 5.00 Å². The summed E-state index contributed by atoms with van der Waals surface area (Å²) in [6, 6.07) is 5.99. The minimum Gasteiger partial charge on any atom is -0.389 e. The molecule has 0 aromatic carbocycles. The first kappa shape index (κ1) is 9.92. The Morgan fingerprint density at radius 3 is 2.87 bits per heavy atom. The monoisotopic (exact) mass is 220 g/mol. The average molecular weight is 220 g/mol. The molecular formula is C10H12N4S. The second-order valence-electron chi connectivity index (χ2n) is 3.19. The van der Waals surface area contributed by atoms with Crippen molar-refractivity contribution in [2.75, 3.05) is 11.1 Å². The number of nitrogen functional groups attached to an aromatic ring is 1. The van der Waals surface area contributed by atoms with Gasteiger partial charge >= 0.3 is 0 Å². The molecule has 1 unspecified atom stereocenters. The number of nitrogens with two attached hydrogens (primary N) is 1. The minimum atomic E-state index is 0.136. The first-order valence-electron chi connectivity index (χ1n) is 4.64. The molecule has 2 aromatic rings. The van der Waals surface area contributed by atoms with Crippen LogP contribution in [0.1, 0.15) is 18.7 Å². The zero-order valence-electron chi connectivity index (χ0n) is 8.34. The van der Waals surface area contributed by atoms with Gasteiger partial charge < -0.3 is 11.1 Å². The fourth-order valence-electron chi connectivity index (χ4n) is 1.24. The van der Waals surface area contributed by atoms with Crippen LogP contribution in [0.2, 0.25) is 0 Å². The number of nitrogens with one attached hydrogen (secondary N) is 1. The Bertz CT molecular complexity index is 426. The highest BCUT2D eigenvalue weighted by atomic mass is 32.1. The van der Waals surface area contributed by atoms with E-state index in [0.717, 1.165) is 10.8 Å². The summed E-state index contributed by atoms with van der Waals surface area (Å²) in [5.41, 5.74) is 6.59. The van der Waals surface area contributed by atoms with E-state index in [9.17, 15) is 0 Å². The van der Waals surface area contributed by atoms with E-state index in [2.05, 4.69) is 15.3 Å². The Hall–Kier alpha value is -1.62. The van der Waals surface area contributed by atoms with Crippen molar-refractivity contribution in [2.45, 2.75) is 13.0 Å². The van der Waals surface area contributed by atoms with Crippen molar-refractivity contribution in [3.63, 3.8) is 0 Å². The zero-order valence-corrected chi connectivity index (χ0v) is 9.16. The molecule has 2 aromatic heterocycles. The predicted octanol–water partition coefficient (Wildman–Crippen LogP) is 2.29. The molecule has 0 bridgehead atoms. The molecule has 0 saturated carbocycles. The number of rotatable bonds is 3. The summed E-state index contributed by atoms with van der Waals surface area (Å²) in [5, 5.41) is 4.78. The van der Waals surface area contributed by atoms with Gasteiger partial charge in [-0.2, -0.15) is 0 Å². The van der Waals surface area contributed by atoms with Gasteiger partial charge in [0.05, 0.1) is 17.9 Å². The molecular weight excluding hydrogens is 208 g/mol. The maximum atomic E-state index is 5.59. The van der Waals surface area contributed by atoms with Crippen LogP contribution in [0.4, 0.5) is 10.1 Å². The zero-order chi connectivity index (χ0) is 10.7. The van der Waals surface area contributed by atoms with E-state index in [1.807, 2.05) is 25.1 Å². The highest BCUT2D eigenvalue weighted by Crippen LogP contribution is 2.23. The third-order valence-corrected chi connectivity index (χ3v) is 2.75. The second-order valence-corrected chi connectivity index (χ2v) is 4.25. The standard InChI is InChI=1S/C10H12N4S/c1-7(8-4-2-3-5-12-8)14-10-13-6-9(11)15-10/h2-7H,11H2,1H3,(H,13,14). The van der Waals surface area contributed by atoms with Crippen molar-refractivity contribution in [2.24, 2.45) is 0 Å². The number of anilines is 2. The molecule has 1 atom stereocenters. The normalized spacial score (nSPS) is 12.3. The van der Waals surface area contributed by atoms with Crippen LogP contribution < -0.4 is 11.1 Å². The summed E-state index contributed by atoms with van der Waals surface area (Å²) in [5.74, 6) is 0. The number of pyridine rings is 1. The van der Waals surface area contributed by atoms with Gasteiger partial charge in [-0.15, -0.1) is 0 Å². The van der Waals surface area contributed by atoms with Crippen molar-refractivity contribution < 1.29 is 0 Å². The van der Waals surface area contributed by atoms with Gasteiger partial charge in [-0.3, -0.25) is 4.98 Å². The third kappa shape index (κ3) is 2.44. The predicted molar refractivity (Wildman–Crippen MR) is 62.8 cm³/mol. The highest BCUT2D eigenvalue weighted by Gasteiger charge is 2.07. The van der Waals surface area contributed by atoms with Crippen LogP contribution in [0.5, 0.6) is 0 Å². The molecule has 5 heteroatoms. The summed E-state index contributed by atoms with van der Waals surface area (Å²) in [4.78, 5) is 8.40. The molecule has 0 saturated heterocycles. The molecule has 2 rings (SSSR count). The Morgan fingerprint density at radius 2 is 2.27 bits per heavy atom. The number of nitrogens with zero attached hydrogens (tertiary/aromatic N) is 2. The first-order chi connectivity index (χ1) is 7.25. The summed E-state index contributed by atoms with van der Waals surface area (Å²) >= 11 is 1.44. The molecule has 0 fully saturated rings. The Kier molecular flexibility index (Phi) is 2.82. The maximum Gasteiger partial charge on any atom is 0.185 e. The van der Waals surface area contributed by atoms with E-state index >= 15 is 0 Å². The highest BCUT2D eigenvalue weighted by molar-refractivity contribution is 7.19. The van der Waals surface area contributed by atoms with E-state index in [1.54, 1.807) is 12.4 Å². The van der Waals surface area contributed by atoms with Crippen molar-refractivity contribution in [1.82, 2.24) is 9.97 Å². The third-order valence-electron chi connectivity index (χ3n) is 1.99. The Balaban J connectivity index is 2.07. The molecule has 0 spiro atoms. The van der Waals surface area contributed by atoms with Crippen LogP contribution in [0.25, 0.3) is 0 Å². The first-order valence-corrected chi connectivity index (χ1v) is 5.46. The lowest BCUT2D eigenvalue weighted by molar-refractivity contribution is 0.837. The van der Waals surface area contributed by atoms with Crippen molar-refractivity contribution in [1.29, 1.82) is 0 Å². The molecule has 4 nitrogen and oxygen atoms in total. The molecule has 0 aliphatic heterocycles. The van der Waals surface area contributed by atoms with Gasteiger partial charge in [-0.1, -0.05) is 17.4 Å². The van der Waals surface area contributed by atoms with Crippen LogP contribution in [-0.2, 0) is 0 Å². The van der Waals surface area contributed by atoms with Crippen molar-refractivity contribution in [3.05, 3.63) is 36.3 Å². The summed E-state index contributed by atoms with van der Waals surface area (Å²) in [7, 11) is 0. The van der Waals surface area contributed by atoms with Crippen LogP contribution in [0, 0.1) is 0 Å². The van der Waals surface area contributed by atoms with Crippen LogP contribution in [-0.4, -0.2) is 9.97 Å². The Labute approximate surface area is 92.2 Å². The van der Waals surface area contributed by atoms with Gasteiger partial charge in [0, 0.05) is 6.20 Å². The molecule has 3 N–H and O–H groups in total. The number of aromatic nitrogens is 2. The van der Waals surface area contributed by atoms with Gasteiger partial charge in [0.25, 0.3) is 0 Å². The number of thiazole rings is 1. The quantitative estimate of drug-likeness (QED) is 0.833. The van der Waals surface area contributed by atoms with Crippen LogP contribution in [0.15, 0.2) is 30.6 Å². The lowest BCUT2D eigenvalue weighted by Crippen LogP contribution is -2.07. The van der Waals surface area contributed by atoms with E-state index in [1.165, 1.54) is 11.3 Å². The maximum absolute atomic E-state index is 5.59. The average Bonchev–Trinajstić information content (AvgIpc) is 2.65. The lowest BCUT2D eigenvalue weighted by Gasteiger charge is -2.11. The largest absolute Gasteiger partial charge is 0.389 e. The SMILES string of the molecule is CC(Nc1ncc(N)s1)c1ccccn1. The van der Waals surface area contributed by atoms with Gasteiger partial charge in [0.1, 0.15) is 5.00 Å². The summed E-state index contributed by atoms with van der Waals surface area (Å²) < 4.78 is 0. The van der Waals surface area contributed by atoms with Crippen LogP contribution in [0.3, 0.4) is 0 Å². The van der Waals surface area contributed by atoms with Gasteiger partial charge in [0.2, 0.25) is 0 Å². The number of hydrogen-bond acceptors (Lipinski definition) is 5. The van der Waals surface area contributed by atoms with Gasteiger partial charge in [-0.25, -0.2) is 4.98 Å². The van der Waals surface area contributed by atoms with E-state index in [-0.39, 0.29) is 6.04 Å². The van der Waals surface area contributed by atoms with E-state index < -0.39 is 0 Å². The van der Waals surface area contributed by atoms with Crippen molar-refractivity contribution >= 4 is 21.5 Å². The molecule has 0 aliphatic carbocycles. The summed E-state index contributed by atoms with van der Waals surface area (Å²) in [6.07, 6.45) is 3.43.